The Bertz CT molecular complexity index is 961. The SMILES string of the molecule is Cc1ccccc1C(=O)N[C@H](C(=O)O[C@H](C)C(=O)Nc1ccc(C#N)cc1)C(C)C. The highest BCUT2D eigenvalue weighted by Gasteiger charge is 2.29. The molecule has 2 amide bonds. The molecule has 30 heavy (non-hydrogen) atoms. The van der Waals surface area contributed by atoms with Crippen molar-refractivity contribution in [3.05, 3.63) is 65.2 Å². The number of amides is 2. The normalized spacial score (nSPS) is 12.4. The van der Waals surface area contributed by atoms with E-state index in [1.807, 2.05) is 25.1 Å². The van der Waals surface area contributed by atoms with Crippen molar-refractivity contribution in [3.63, 3.8) is 0 Å². The van der Waals surface area contributed by atoms with E-state index in [-0.39, 0.29) is 11.8 Å². The monoisotopic (exact) mass is 407 g/mol. The number of benzene rings is 2. The van der Waals surface area contributed by atoms with E-state index in [0.717, 1.165) is 5.56 Å². The molecular formula is C23H25N3O4. The maximum atomic E-state index is 12.6. The van der Waals surface area contributed by atoms with Crippen LogP contribution >= 0.6 is 0 Å². The zero-order valence-electron chi connectivity index (χ0n) is 17.4. The van der Waals surface area contributed by atoms with Gasteiger partial charge in [0.1, 0.15) is 6.04 Å². The van der Waals surface area contributed by atoms with Crippen LogP contribution in [0.15, 0.2) is 48.5 Å². The van der Waals surface area contributed by atoms with Crippen LogP contribution in [0.2, 0.25) is 0 Å². The number of aryl methyl sites for hydroxylation is 1. The largest absolute Gasteiger partial charge is 0.451 e. The topological polar surface area (TPSA) is 108 Å². The summed E-state index contributed by atoms with van der Waals surface area (Å²) in [6.45, 7) is 6.84. The molecule has 0 aliphatic rings. The van der Waals surface area contributed by atoms with Crippen molar-refractivity contribution in [1.29, 1.82) is 5.26 Å². The van der Waals surface area contributed by atoms with Crippen molar-refractivity contribution in [1.82, 2.24) is 5.32 Å². The second-order valence-corrected chi connectivity index (χ2v) is 7.27. The van der Waals surface area contributed by atoms with E-state index < -0.39 is 24.0 Å². The summed E-state index contributed by atoms with van der Waals surface area (Å²) in [6, 6.07) is 14.5. The van der Waals surface area contributed by atoms with Crippen LogP contribution in [0.3, 0.4) is 0 Å². The number of rotatable bonds is 7. The maximum absolute atomic E-state index is 12.6. The van der Waals surface area contributed by atoms with E-state index in [0.29, 0.717) is 16.8 Å². The number of carbonyl (C=O) groups excluding carboxylic acids is 3. The Morgan fingerprint density at radius 3 is 2.20 bits per heavy atom. The highest BCUT2D eigenvalue weighted by atomic mass is 16.5. The fraction of sp³-hybridized carbons (Fsp3) is 0.304. The third-order valence-corrected chi connectivity index (χ3v) is 4.54. The third-order valence-electron chi connectivity index (χ3n) is 4.54. The number of anilines is 1. The molecular weight excluding hydrogens is 382 g/mol. The Morgan fingerprint density at radius 2 is 1.63 bits per heavy atom. The van der Waals surface area contributed by atoms with Crippen molar-refractivity contribution >= 4 is 23.5 Å². The predicted octanol–water partition coefficient (Wildman–Crippen LogP) is 3.19. The summed E-state index contributed by atoms with van der Waals surface area (Å²) in [5.41, 5.74) is 2.22. The zero-order chi connectivity index (χ0) is 22.3. The number of hydrogen-bond acceptors (Lipinski definition) is 5. The maximum Gasteiger partial charge on any atom is 0.329 e. The van der Waals surface area contributed by atoms with E-state index in [1.54, 1.807) is 50.2 Å². The molecule has 0 bridgehead atoms. The smallest absolute Gasteiger partial charge is 0.329 e. The van der Waals surface area contributed by atoms with Crippen LogP contribution in [-0.4, -0.2) is 29.9 Å². The standard InChI is InChI=1S/C23H25N3O4/c1-14(2)20(26-22(28)19-8-6-5-7-15(19)3)23(29)30-16(4)21(27)25-18-11-9-17(13-24)10-12-18/h5-12,14,16,20H,1-4H3,(H,25,27)(H,26,28)/t16-,20+/m1/s1. The molecule has 2 rings (SSSR count). The summed E-state index contributed by atoms with van der Waals surface area (Å²) in [5, 5.41) is 14.2. The van der Waals surface area contributed by atoms with Crippen LogP contribution in [0.1, 0.15) is 42.3 Å². The molecule has 0 saturated carbocycles. The first kappa shape index (κ1) is 22.6. The Morgan fingerprint density at radius 1 is 1.00 bits per heavy atom. The molecule has 7 heteroatoms. The lowest BCUT2D eigenvalue weighted by molar-refractivity contribution is -0.156. The minimum absolute atomic E-state index is 0.237. The van der Waals surface area contributed by atoms with Gasteiger partial charge in [-0.3, -0.25) is 9.59 Å². The Hall–Kier alpha value is -3.66. The van der Waals surface area contributed by atoms with Crippen molar-refractivity contribution in [2.75, 3.05) is 5.32 Å². The minimum atomic E-state index is -1.07. The molecule has 2 aromatic rings. The summed E-state index contributed by atoms with van der Waals surface area (Å²) in [4.78, 5) is 37.6. The van der Waals surface area contributed by atoms with Gasteiger partial charge in [0.2, 0.25) is 0 Å². The molecule has 7 nitrogen and oxygen atoms in total. The van der Waals surface area contributed by atoms with Gasteiger partial charge in [0, 0.05) is 11.3 Å². The second-order valence-electron chi connectivity index (χ2n) is 7.27. The first-order valence-corrected chi connectivity index (χ1v) is 9.61. The molecule has 0 heterocycles. The molecule has 0 unspecified atom stereocenters. The highest BCUT2D eigenvalue weighted by Crippen LogP contribution is 2.13. The van der Waals surface area contributed by atoms with Crippen LogP contribution in [0.5, 0.6) is 0 Å². The van der Waals surface area contributed by atoms with Crippen molar-refractivity contribution in [2.24, 2.45) is 5.92 Å². The quantitative estimate of drug-likeness (QED) is 0.685. The van der Waals surface area contributed by atoms with Gasteiger partial charge in [-0.1, -0.05) is 32.0 Å². The lowest BCUT2D eigenvalue weighted by Gasteiger charge is -2.23. The molecule has 0 aliphatic carbocycles. The zero-order valence-corrected chi connectivity index (χ0v) is 17.4. The van der Waals surface area contributed by atoms with Crippen LogP contribution in [0.25, 0.3) is 0 Å². The average molecular weight is 407 g/mol. The lowest BCUT2D eigenvalue weighted by atomic mass is 10.0. The number of hydrogen-bond donors (Lipinski definition) is 2. The number of carbonyl (C=O) groups is 3. The van der Waals surface area contributed by atoms with Gasteiger partial charge in [0.25, 0.3) is 11.8 Å². The van der Waals surface area contributed by atoms with Crippen LogP contribution in [0.4, 0.5) is 5.69 Å². The Kier molecular flexibility index (Phi) is 7.70. The minimum Gasteiger partial charge on any atom is -0.451 e. The molecule has 0 aromatic heterocycles. The van der Waals surface area contributed by atoms with E-state index in [1.165, 1.54) is 6.92 Å². The van der Waals surface area contributed by atoms with Crippen LogP contribution in [0, 0.1) is 24.2 Å². The van der Waals surface area contributed by atoms with Crippen molar-refractivity contribution < 1.29 is 19.1 Å². The Balaban J connectivity index is 2.01. The first-order chi connectivity index (χ1) is 14.2. The van der Waals surface area contributed by atoms with E-state index in [4.69, 9.17) is 10.00 Å². The second kappa shape index (κ2) is 10.2. The van der Waals surface area contributed by atoms with Gasteiger partial charge in [0.15, 0.2) is 6.10 Å². The average Bonchev–Trinajstić information content (AvgIpc) is 2.72. The summed E-state index contributed by atoms with van der Waals surface area (Å²) in [5.74, 6) is -1.81. The van der Waals surface area contributed by atoms with Gasteiger partial charge in [-0.15, -0.1) is 0 Å². The van der Waals surface area contributed by atoms with E-state index in [2.05, 4.69) is 10.6 Å². The first-order valence-electron chi connectivity index (χ1n) is 9.61. The number of ether oxygens (including phenoxy) is 1. The lowest BCUT2D eigenvalue weighted by Crippen LogP contribution is -2.47. The van der Waals surface area contributed by atoms with Crippen LogP contribution < -0.4 is 10.6 Å². The van der Waals surface area contributed by atoms with Gasteiger partial charge in [-0.25, -0.2) is 4.79 Å². The molecule has 2 atom stereocenters. The van der Waals surface area contributed by atoms with Crippen LogP contribution in [-0.2, 0) is 14.3 Å². The van der Waals surface area contributed by atoms with E-state index in [9.17, 15) is 14.4 Å². The Labute approximate surface area is 176 Å². The molecule has 2 aromatic carbocycles. The number of nitriles is 1. The van der Waals surface area contributed by atoms with Gasteiger partial charge < -0.3 is 15.4 Å². The molecule has 156 valence electrons. The predicted molar refractivity (Wildman–Crippen MR) is 113 cm³/mol. The van der Waals surface area contributed by atoms with Crippen molar-refractivity contribution in [3.8, 4) is 6.07 Å². The van der Waals surface area contributed by atoms with Gasteiger partial charge in [-0.2, -0.15) is 5.26 Å². The van der Waals surface area contributed by atoms with Gasteiger partial charge in [-0.05, 0) is 55.7 Å². The number of nitrogens with zero attached hydrogens (tertiary/aromatic N) is 1. The molecule has 0 radical (unpaired) electrons. The van der Waals surface area contributed by atoms with Gasteiger partial charge in [0.05, 0.1) is 11.6 Å². The molecule has 2 N–H and O–H groups in total. The van der Waals surface area contributed by atoms with Gasteiger partial charge >= 0.3 is 5.97 Å². The highest BCUT2D eigenvalue weighted by molar-refractivity contribution is 5.99. The number of esters is 1. The molecule has 0 aliphatic heterocycles. The summed E-state index contributed by atoms with van der Waals surface area (Å²) in [6.07, 6.45) is -1.07. The summed E-state index contributed by atoms with van der Waals surface area (Å²) >= 11 is 0. The fourth-order valence-corrected chi connectivity index (χ4v) is 2.72. The number of nitrogens with one attached hydrogen (secondary N) is 2. The molecule has 0 spiro atoms. The van der Waals surface area contributed by atoms with Crippen molar-refractivity contribution in [2.45, 2.75) is 39.8 Å². The molecule has 0 saturated heterocycles. The molecule has 0 fully saturated rings. The summed E-state index contributed by atoms with van der Waals surface area (Å²) < 4.78 is 5.30. The third kappa shape index (κ3) is 5.92. The van der Waals surface area contributed by atoms with E-state index >= 15 is 0 Å². The fourth-order valence-electron chi connectivity index (χ4n) is 2.72. The summed E-state index contributed by atoms with van der Waals surface area (Å²) in [7, 11) is 0.